The van der Waals surface area contributed by atoms with Gasteiger partial charge in [-0.3, -0.25) is 38.6 Å². The van der Waals surface area contributed by atoms with Gasteiger partial charge in [0.1, 0.15) is 48.6 Å². The molecule has 15 N–H and O–H groups in total. The zero-order valence-electron chi connectivity index (χ0n) is 28.3. The number of hydrogen-bond donors (Lipinski definition) is 13. The van der Waals surface area contributed by atoms with Crippen molar-refractivity contribution in [3.63, 3.8) is 0 Å². The Labute approximate surface area is 302 Å². The van der Waals surface area contributed by atoms with Crippen LogP contribution in [0.5, 0.6) is 0 Å². The van der Waals surface area contributed by atoms with Crippen LogP contribution in [0.25, 0.3) is 0 Å². The van der Waals surface area contributed by atoms with Gasteiger partial charge in [-0.2, -0.15) is 0 Å². The Morgan fingerprint density at radius 3 is 2.04 bits per heavy atom. The van der Waals surface area contributed by atoms with Gasteiger partial charge < -0.3 is 73.6 Å². The first-order valence-electron chi connectivity index (χ1n) is 16.5. The second kappa shape index (κ2) is 20.0. The second-order valence-electron chi connectivity index (χ2n) is 12.3. The van der Waals surface area contributed by atoms with Crippen molar-refractivity contribution < 1.29 is 63.8 Å². The number of guanidine groups is 1. The molecule has 9 atom stereocenters. The molecule has 0 aliphatic carbocycles. The van der Waals surface area contributed by atoms with Gasteiger partial charge in [0.15, 0.2) is 12.2 Å². The van der Waals surface area contributed by atoms with Crippen LogP contribution in [0.4, 0.5) is 0 Å². The highest BCUT2D eigenvalue weighted by molar-refractivity contribution is 5.99. The van der Waals surface area contributed by atoms with Crippen LogP contribution in [-0.2, 0) is 44.7 Å². The fourth-order valence-corrected chi connectivity index (χ4v) is 5.40. The highest BCUT2D eigenvalue weighted by Gasteiger charge is 2.44. The first-order chi connectivity index (χ1) is 25.1. The molecule has 0 unspecified atom stereocenters. The number of aliphatic hydroxyl groups is 4. The van der Waals surface area contributed by atoms with Crippen LogP contribution in [0.2, 0.25) is 0 Å². The summed E-state index contributed by atoms with van der Waals surface area (Å²) in [6, 6.07) is 1.80. The van der Waals surface area contributed by atoms with Crippen molar-refractivity contribution in [2.24, 2.45) is 16.5 Å². The Morgan fingerprint density at radius 2 is 1.42 bits per heavy atom. The number of nitrogens with zero attached hydrogens (tertiary/aromatic N) is 1. The maximum Gasteiger partial charge on any atom is 0.305 e. The fourth-order valence-electron chi connectivity index (χ4n) is 5.40. The largest absolute Gasteiger partial charge is 0.481 e. The molecule has 6 amide bonds. The second-order valence-corrected chi connectivity index (χ2v) is 12.3. The van der Waals surface area contributed by atoms with Crippen molar-refractivity contribution in [1.82, 2.24) is 31.9 Å². The van der Waals surface area contributed by atoms with Crippen LogP contribution in [0.15, 0.2) is 35.3 Å². The first kappa shape index (κ1) is 42.0. The Bertz CT molecular complexity index is 1510. The van der Waals surface area contributed by atoms with E-state index in [0.29, 0.717) is 5.56 Å². The topological polar surface area (TPSA) is 366 Å². The molecule has 0 saturated carbocycles. The van der Waals surface area contributed by atoms with Gasteiger partial charge in [-0.05, 0) is 18.4 Å². The molecule has 53 heavy (non-hydrogen) atoms. The van der Waals surface area contributed by atoms with E-state index in [2.05, 4.69) is 36.9 Å². The normalized spacial score (nSPS) is 28.8. The smallest absolute Gasteiger partial charge is 0.305 e. The van der Waals surface area contributed by atoms with Gasteiger partial charge in [-0.15, -0.1) is 0 Å². The molecule has 292 valence electrons. The maximum absolute atomic E-state index is 13.8. The zero-order chi connectivity index (χ0) is 39.2. The average molecular weight is 752 g/mol. The summed E-state index contributed by atoms with van der Waals surface area (Å²) < 4.78 is 5.30. The van der Waals surface area contributed by atoms with Crippen molar-refractivity contribution in [2.75, 3.05) is 19.7 Å². The maximum atomic E-state index is 13.8. The molecule has 1 aromatic carbocycles. The molecule has 0 aromatic heterocycles. The van der Waals surface area contributed by atoms with Gasteiger partial charge in [-0.1, -0.05) is 30.3 Å². The fraction of sp³-hybridized carbons (Fsp3) is 0.548. The van der Waals surface area contributed by atoms with E-state index in [1.165, 1.54) is 0 Å². The van der Waals surface area contributed by atoms with Crippen molar-refractivity contribution in [3.05, 3.63) is 35.9 Å². The van der Waals surface area contributed by atoms with Crippen LogP contribution in [0, 0.1) is 0 Å². The molecular weight excluding hydrogens is 706 g/mol. The predicted molar refractivity (Wildman–Crippen MR) is 180 cm³/mol. The van der Waals surface area contributed by atoms with E-state index in [9.17, 15) is 59.1 Å². The van der Waals surface area contributed by atoms with E-state index >= 15 is 0 Å². The lowest BCUT2D eigenvalue weighted by Gasteiger charge is -2.40. The number of carbonyl (C=O) groups excluding carboxylic acids is 6. The number of hydrogen-bond acceptors (Lipinski definition) is 13. The molecule has 0 spiro atoms. The summed E-state index contributed by atoms with van der Waals surface area (Å²) >= 11 is 0. The molecule has 2 aliphatic rings. The molecule has 2 aliphatic heterocycles. The van der Waals surface area contributed by atoms with Gasteiger partial charge in [0.05, 0.1) is 26.0 Å². The lowest BCUT2D eigenvalue weighted by Crippen LogP contribution is -2.64. The molecule has 0 radical (unpaired) electrons. The molecule has 0 bridgehead atoms. The molecule has 22 nitrogen and oxygen atoms in total. The SMILES string of the molecule is NC(N)=NCCC[C@@H]1NC(=O)[C@H](CC(=O)N[C@@H]2O[C@H](CO)[C@@H](O)[C@H](O)[C@H]2O)NC(=O)[C@@H](Cc2ccccc2)NC(=O)[C@H](CC(=O)O)NC(=O)CNC1=O. The minimum Gasteiger partial charge on any atom is -0.481 e. The third-order valence-corrected chi connectivity index (χ3v) is 8.17. The molecule has 3 rings (SSSR count). The monoisotopic (exact) mass is 751 g/mol. The van der Waals surface area contributed by atoms with Gasteiger partial charge in [0, 0.05) is 13.0 Å². The number of aliphatic hydroxyl groups excluding tert-OH is 4. The minimum atomic E-state index is -1.88. The number of carboxylic acid groups (broad SMARTS) is 1. The number of aliphatic carboxylic acids is 1. The average Bonchev–Trinajstić information content (AvgIpc) is 3.10. The number of ether oxygens (including phenoxy) is 1. The highest BCUT2D eigenvalue weighted by atomic mass is 16.6. The van der Waals surface area contributed by atoms with Crippen molar-refractivity contribution in [2.45, 2.75) is 86.9 Å². The van der Waals surface area contributed by atoms with Crippen molar-refractivity contribution in [1.29, 1.82) is 0 Å². The summed E-state index contributed by atoms with van der Waals surface area (Å²) in [5.41, 5.74) is 11.2. The number of rotatable bonds is 12. The van der Waals surface area contributed by atoms with E-state index < -0.39 is 122 Å². The van der Waals surface area contributed by atoms with Crippen molar-refractivity contribution >= 4 is 47.4 Å². The zero-order valence-corrected chi connectivity index (χ0v) is 28.3. The van der Waals surface area contributed by atoms with Crippen molar-refractivity contribution in [3.8, 4) is 0 Å². The van der Waals surface area contributed by atoms with E-state index in [-0.39, 0.29) is 31.8 Å². The molecule has 22 heteroatoms. The standard InChI is InChI=1S/C31H45N9O13/c32-31(33)34-8-4-7-15-26(49)35-12-21(43)36-18(11-22(44)45)29(52)38-16(9-14-5-2-1-3-6-14)27(50)39-17(28(51)37-15)10-20(42)40-30-25(48)24(47)23(46)19(13-41)53-30/h1-3,5-6,15-19,23-25,30,41,46-48H,4,7-13H2,(H,35,49)(H,36,43)(H,37,51)(H,38,52)(H,39,50)(H,40,42)(H,44,45)(H4,32,33,34)/t15-,16+,17-,18-,19+,23+,24-,25+,30+/m0/s1. The molecule has 1 aromatic rings. The Balaban J connectivity index is 1.99. The summed E-state index contributed by atoms with van der Waals surface area (Å²) in [5, 5.41) is 63.4. The Hall–Kier alpha value is -5.42. The summed E-state index contributed by atoms with van der Waals surface area (Å²) in [6.45, 7) is -1.53. The van der Waals surface area contributed by atoms with E-state index in [0.717, 1.165) is 0 Å². The lowest BCUT2D eigenvalue weighted by molar-refractivity contribution is -0.236. The van der Waals surface area contributed by atoms with Gasteiger partial charge >= 0.3 is 5.97 Å². The van der Waals surface area contributed by atoms with E-state index in [1.54, 1.807) is 30.3 Å². The Kier molecular flexibility index (Phi) is 15.8. The van der Waals surface area contributed by atoms with Crippen LogP contribution >= 0.6 is 0 Å². The third-order valence-electron chi connectivity index (χ3n) is 8.17. The summed E-state index contributed by atoms with van der Waals surface area (Å²) in [6.07, 6.45) is -10.5. The summed E-state index contributed by atoms with van der Waals surface area (Å²) in [4.78, 5) is 95.6. The number of benzene rings is 1. The molecule has 2 fully saturated rings. The summed E-state index contributed by atoms with van der Waals surface area (Å²) in [7, 11) is 0. The number of carboxylic acids is 1. The van der Waals surface area contributed by atoms with Crippen LogP contribution in [-0.4, -0.2) is 147 Å². The van der Waals surface area contributed by atoms with E-state index in [1.807, 2.05) is 0 Å². The lowest BCUT2D eigenvalue weighted by atomic mass is 9.98. The highest BCUT2D eigenvalue weighted by Crippen LogP contribution is 2.20. The first-order valence-corrected chi connectivity index (χ1v) is 16.5. The number of nitrogens with two attached hydrogens (primary N) is 2. The Morgan fingerprint density at radius 1 is 0.811 bits per heavy atom. The number of amides is 6. The minimum absolute atomic E-state index is 0.0238. The number of carbonyl (C=O) groups is 7. The molecule has 2 heterocycles. The number of nitrogens with one attached hydrogen (secondary N) is 6. The van der Waals surface area contributed by atoms with Gasteiger partial charge in [-0.25, -0.2) is 0 Å². The third kappa shape index (κ3) is 12.9. The predicted octanol–water partition coefficient (Wildman–Crippen LogP) is -6.87. The van der Waals surface area contributed by atoms with Gasteiger partial charge in [0.2, 0.25) is 35.4 Å². The van der Waals surface area contributed by atoms with Crippen LogP contribution in [0.3, 0.4) is 0 Å². The van der Waals surface area contributed by atoms with Crippen LogP contribution in [0.1, 0.15) is 31.2 Å². The van der Waals surface area contributed by atoms with Gasteiger partial charge in [0.25, 0.3) is 0 Å². The summed E-state index contributed by atoms with van der Waals surface area (Å²) in [5.74, 6) is -7.85. The van der Waals surface area contributed by atoms with Crippen LogP contribution < -0.4 is 43.4 Å². The quantitative estimate of drug-likeness (QED) is 0.0536. The number of aliphatic imine (C=N–C) groups is 1. The molecular formula is C31H45N9O13. The van der Waals surface area contributed by atoms with E-state index in [4.69, 9.17) is 16.2 Å². The molecule has 2 saturated heterocycles.